The zero-order chi connectivity index (χ0) is 13.5. The molecule has 2 aliphatic carbocycles. The lowest BCUT2D eigenvalue weighted by atomic mass is 10.3. The molecule has 0 aliphatic heterocycles. The molecule has 104 valence electrons. The maximum absolute atomic E-state index is 5.82. The Bertz CT molecular complexity index is 602. The fourth-order valence-electron chi connectivity index (χ4n) is 2.27. The topological polar surface area (TPSA) is 98.6 Å². The summed E-state index contributed by atoms with van der Waals surface area (Å²) in [4.78, 5) is 19.1. The molecule has 2 N–H and O–H groups in total. The lowest BCUT2D eigenvalue weighted by Gasteiger charge is -2.22. The lowest BCUT2D eigenvalue weighted by molar-refractivity contribution is 0.686. The molecule has 2 aliphatic rings. The number of hydrogen-bond acceptors (Lipinski definition) is 7. The minimum absolute atomic E-state index is 0.224. The third-order valence-electron chi connectivity index (χ3n) is 3.65. The second-order valence-electron chi connectivity index (χ2n) is 5.46. The SMILES string of the molecule is Nc1nc(N(CC2CC2)C2CC2)nc(-n2cncn2)n1. The molecule has 0 bridgehead atoms. The first-order valence-corrected chi connectivity index (χ1v) is 6.93. The third kappa shape index (κ3) is 2.28. The van der Waals surface area contributed by atoms with Crippen LogP contribution in [-0.4, -0.2) is 42.3 Å². The number of nitrogens with two attached hydrogens (primary N) is 1. The van der Waals surface area contributed by atoms with E-state index >= 15 is 0 Å². The van der Waals surface area contributed by atoms with Crippen LogP contribution in [0.15, 0.2) is 12.7 Å². The lowest BCUT2D eigenvalue weighted by Crippen LogP contribution is -2.30. The smallest absolute Gasteiger partial charge is 0.258 e. The van der Waals surface area contributed by atoms with Crippen molar-refractivity contribution in [2.45, 2.75) is 31.7 Å². The highest BCUT2D eigenvalue weighted by Crippen LogP contribution is 2.36. The van der Waals surface area contributed by atoms with Gasteiger partial charge in [0, 0.05) is 12.6 Å². The van der Waals surface area contributed by atoms with Crippen molar-refractivity contribution in [1.82, 2.24) is 29.7 Å². The Morgan fingerprint density at radius 1 is 1.20 bits per heavy atom. The van der Waals surface area contributed by atoms with Crippen molar-refractivity contribution in [3.63, 3.8) is 0 Å². The first-order chi connectivity index (χ1) is 9.79. The molecule has 0 amide bonds. The first-order valence-electron chi connectivity index (χ1n) is 6.93. The predicted molar refractivity (Wildman–Crippen MR) is 72.2 cm³/mol. The monoisotopic (exact) mass is 272 g/mol. The van der Waals surface area contributed by atoms with Gasteiger partial charge in [0.25, 0.3) is 5.95 Å². The van der Waals surface area contributed by atoms with E-state index in [0.29, 0.717) is 17.9 Å². The third-order valence-corrected chi connectivity index (χ3v) is 3.65. The van der Waals surface area contributed by atoms with Gasteiger partial charge in [0.2, 0.25) is 11.9 Å². The molecule has 8 heteroatoms. The first kappa shape index (κ1) is 11.6. The zero-order valence-electron chi connectivity index (χ0n) is 11.1. The summed E-state index contributed by atoms with van der Waals surface area (Å²) in [5.41, 5.74) is 5.82. The second kappa shape index (κ2) is 4.39. The Morgan fingerprint density at radius 2 is 2.05 bits per heavy atom. The predicted octanol–water partition coefficient (Wildman–Crippen LogP) is 0.413. The van der Waals surface area contributed by atoms with Crippen LogP contribution in [-0.2, 0) is 0 Å². The molecular weight excluding hydrogens is 256 g/mol. The Labute approximate surface area is 116 Å². The summed E-state index contributed by atoms with van der Waals surface area (Å²) in [6, 6.07) is 0.556. The molecule has 2 aromatic heterocycles. The van der Waals surface area contributed by atoms with Gasteiger partial charge in [-0.2, -0.15) is 24.7 Å². The summed E-state index contributed by atoms with van der Waals surface area (Å²) in [7, 11) is 0. The zero-order valence-corrected chi connectivity index (χ0v) is 11.1. The van der Waals surface area contributed by atoms with Gasteiger partial charge in [0.15, 0.2) is 0 Å². The number of anilines is 2. The fourth-order valence-corrected chi connectivity index (χ4v) is 2.27. The van der Waals surface area contributed by atoms with E-state index in [-0.39, 0.29) is 5.95 Å². The van der Waals surface area contributed by atoms with Crippen LogP contribution >= 0.6 is 0 Å². The molecule has 0 atom stereocenters. The molecule has 8 nitrogen and oxygen atoms in total. The van der Waals surface area contributed by atoms with Crippen molar-refractivity contribution in [3.8, 4) is 5.95 Å². The van der Waals surface area contributed by atoms with Gasteiger partial charge in [0.05, 0.1) is 0 Å². The molecule has 0 unspecified atom stereocenters. The van der Waals surface area contributed by atoms with Crippen molar-refractivity contribution >= 4 is 11.9 Å². The average Bonchev–Trinajstić information content (AvgIpc) is 3.35. The maximum Gasteiger partial charge on any atom is 0.258 e. The van der Waals surface area contributed by atoms with Gasteiger partial charge in [-0.1, -0.05) is 0 Å². The molecule has 2 heterocycles. The Morgan fingerprint density at radius 3 is 2.70 bits per heavy atom. The van der Waals surface area contributed by atoms with Gasteiger partial charge in [-0.25, -0.2) is 4.98 Å². The van der Waals surface area contributed by atoms with E-state index in [9.17, 15) is 0 Å². The molecule has 0 radical (unpaired) electrons. The van der Waals surface area contributed by atoms with Crippen molar-refractivity contribution in [1.29, 1.82) is 0 Å². The van der Waals surface area contributed by atoms with E-state index in [1.807, 2.05) is 0 Å². The van der Waals surface area contributed by atoms with Gasteiger partial charge < -0.3 is 10.6 Å². The van der Waals surface area contributed by atoms with E-state index in [4.69, 9.17) is 5.73 Å². The number of hydrogen-bond donors (Lipinski definition) is 1. The minimum Gasteiger partial charge on any atom is -0.368 e. The van der Waals surface area contributed by atoms with E-state index in [0.717, 1.165) is 12.5 Å². The van der Waals surface area contributed by atoms with Crippen molar-refractivity contribution in [3.05, 3.63) is 12.7 Å². The van der Waals surface area contributed by atoms with Gasteiger partial charge in [0.1, 0.15) is 12.7 Å². The summed E-state index contributed by atoms with van der Waals surface area (Å²) in [5, 5.41) is 4.04. The second-order valence-corrected chi connectivity index (χ2v) is 5.46. The highest BCUT2D eigenvalue weighted by atomic mass is 15.4. The Hall–Kier alpha value is -2.25. The summed E-state index contributed by atoms with van der Waals surface area (Å²) in [6.07, 6.45) is 8.02. The van der Waals surface area contributed by atoms with Crippen LogP contribution in [0.3, 0.4) is 0 Å². The van der Waals surface area contributed by atoms with Gasteiger partial charge in [-0.3, -0.25) is 0 Å². The summed E-state index contributed by atoms with van der Waals surface area (Å²) in [6.45, 7) is 1.02. The van der Waals surface area contributed by atoms with Gasteiger partial charge in [-0.05, 0) is 31.6 Å². The molecule has 0 aromatic carbocycles. The summed E-state index contributed by atoms with van der Waals surface area (Å²) >= 11 is 0. The van der Waals surface area contributed by atoms with Crippen LogP contribution in [0, 0.1) is 5.92 Å². The highest BCUT2D eigenvalue weighted by molar-refractivity contribution is 5.40. The Kier molecular flexibility index (Phi) is 2.54. The molecule has 0 spiro atoms. The van der Waals surface area contributed by atoms with Crippen LogP contribution < -0.4 is 10.6 Å². The molecule has 2 fully saturated rings. The molecular formula is C12H16N8. The maximum atomic E-state index is 5.82. The Balaban J connectivity index is 1.68. The quantitative estimate of drug-likeness (QED) is 0.841. The molecule has 2 saturated carbocycles. The average molecular weight is 272 g/mol. The fraction of sp³-hybridized carbons (Fsp3) is 0.583. The normalized spacial score (nSPS) is 18.2. The minimum atomic E-state index is 0.224. The van der Waals surface area contributed by atoms with Gasteiger partial charge >= 0.3 is 0 Å². The van der Waals surface area contributed by atoms with E-state index < -0.39 is 0 Å². The van der Waals surface area contributed by atoms with Gasteiger partial charge in [-0.15, -0.1) is 0 Å². The van der Waals surface area contributed by atoms with Crippen LogP contribution in [0.1, 0.15) is 25.7 Å². The molecule has 2 aromatic rings. The highest BCUT2D eigenvalue weighted by Gasteiger charge is 2.35. The standard InChI is InChI=1S/C12H16N8/c13-10-16-11(18-12(17-10)20-7-14-6-15-20)19(9-3-4-9)5-8-1-2-8/h6-9H,1-5H2,(H2,13,16,17,18). The number of nitrogens with zero attached hydrogens (tertiary/aromatic N) is 7. The van der Waals surface area contributed by atoms with Crippen LogP contribution in [0.4, 0.5) is 11.9 Å². The molecule has 0 saturated heterocycles. The molecule has 4 rings (SSSR count). The van der Waals surface area contributed by atoms with Crippen LogP contribution in [0.2, 0.25) is 0 Å². The van der Waals surface area contributed by atoms with E-state index in [1.165, 1.54) is 36.7 Å². The summed E-state index contributed by atoms with van der Waals surface area (Å²) in [5.74, 6) is 2.09. The van der Waals surface area contributed by atoms with Crippen LogP contribution in [0.5, 0.6) is 0 Å². The number of rotatable bonds is 5. The number of aromatic nitrogens is 6. The van der Waals surface area contributed by atoms with Crippen LogP contribution in [0.25, 0.3) is 5.95 Å². The van der Waals surface area contributed by atoms with E-state index in [1.54, 1.807) is 6.33 Å². The molecule has 20 heavy (non-hydrogen) atoms. The van der Waals surface area contributed by atoms with Crippen molar-refractivity contribution in [2.24, 2.45) is 5.92 Å². The number of nitrogen functional groups attached to an aromatic ring is 1. The summed E-state index contributed by atoms with van der Waals surface area (Å²) < 4.78 is 1.50. The largest absolute Gasteiger partial charge is 0.368 e. The van der Waals surface area contributed by atoms with Crippen molar-refractivity contribution in [2.75, 3.05) is 17.2 Å². The van der Waals surface area contributed by atoms with Crippen molar-refractivity contribution < 1.29 is 0 Å². The van der Waals surface area contributed by atoms with E-state index in [2.05, 4.69) is 29.9 Å².